The molecule has 2 rings (SSSR count). The Morgan fingerprint density at radius 3 is 2.61 bits per heavy atom. The molecule has 1 aromatic carbocycles. The third-order valence-electron chi connectivity index (χ3n) is 4.70. The van der Waals surface area contributed by atoms with Crippen LogP contribution < -0.4 is 0 Å². The number of rotatable bonds is 5. The Morgan fingerprint density at radius 1 is 1.30 bits per heavy atom. The molecule has 3 nitrogen and oxygen atoms in total. The van der Waals surface area contributed by atoms with Gasteiger partial charge in [-0.3, -0.25) is 4.79 Å². The van der Waals surface area contributed by atoms with Crippen molar-refractivity contribution < 1.29 is 9.90 Å². The fourth-order valence-corrected chi connectivity index (χ4v) is 3.05. The number of nitrogens with zero attached hydrogens (tertiary/aromatic N) is 1. The highest BCUT2D eigenvalue weighted by Crippen LogP contribution is 2.20. The fourth-order valence-electron chi connectivity index (χ4n) is 3.05. The van der Waals surface area contributed by atoms with Crippen LogP contribution in [0.2, 0.25) is 0 Å². The number of aliphatic hydroxyl groups is 1. The molecule has 3 heteroatoms. The summed E-state index contributed by atoms with van der Waals surface area (Å²) in [6, 6.07) is 8.48. The summed E-state index contributed by atoms with van der Waals surface area (Å²) in [5.41, 5.74) is 2.46. The van der Waals surface area contributed by atoms with E-state index in [-0.39, 0.29) is 17.9 Å². The second-order valence-corrected chi connectivity index (χ2v) is 6.91. The summed E-state index contributed by atoms with van der Waals surface area (Å²) in [7, 11) is 0. The number of hydrogen-bond acceptors (Lipinski definition) is 2. The maximum absolute atomic E-state index is 12.3. The molecule has 0 aromatic heterocycles. The van der Waals surface area contributed by atoms with Crippen LogP contribution in [0.4, 0.5) is 0 Å². The number of piperidine rings is 1. The zero-order valence-electron chi connectivity index (χ0n) is 14.5. The first kappa shape index (κ1) is 17.7. The third-order valence-corrected chi connectivity index (χ3v) is 4.70. The number of carbonyl (C=O) groups is 1. The van der Waals surface area contributed by atoms with Crippen molar-refractivity contribution in [2.45, 2.75) is 52.1 Å². The van der Waals surface area contributed by atoms with Crippen molar-refractivity contribution in [2.24, 2.45) is 5.92 Å². The van der Waals surface area contributed by atoms with Gasteiger partial charge in [-0.05, 0) is 36.8 Å². The molecule has 1 aliphatic rings. The minimum atomic E-state index is -0.333. The average Bonchev–Trinajstić information content (AvgIpc) is 2.55. The number of amides is 1. The van der Waals surface area contributed by atoms with Crippen molar-refractivity contribution in [3.63, 3.8) is 0 Å². The number of likely N-dealkylation sites (tertiary alicyclic amines) is 1. The van der Waals surface area contributed by atoms with Crippen molar-refractivity contribution >= 4 is 12.0 Å². The van der Waals surface area contributed by atoms with Crippen LogP contribution >= 0.6 is 0 Å². The van der Waals surface area contributed by atoms with Gasteiger partial charge in [0, 0.05) is 25.4 Å². The molecule has 1 amide bonds. The SMILES string of the molecule is CC(C)c1ccc(/C=C/CC(=O)N2CCCC(C(C)O)C2)cc1. The maximum atomic E-state index is 12.3. The lowest BCUT2D eigenvalue weighted by Gasteiger charge is -2.34. The fraction of sp³-hybridized carbons (Fsp3) is 0.550. The summed E-state index contributed by atoms with van der Waals surface area (Å²) in [5, 5.41) is 9.71. The van der Waals surface area contributed by atoms with Crippen molar-refractivity contribution in [3.8, 4) is 0 Å². The Labute approximate surface area is 140 Å². The van der Waals surface area contributed by atoms with Gasteiger partial charge in [0.1, 0.15) is 0 Å². The lowest BCUT2D eigenvalue weighted by Crippen LogP contribution is -2.42. The highest BCUT2D eigenvalue weighted by atomic mass is 16.3. The monoisotopic (exact) mass is 315 g/mol. The second kappa shape index (κ2) is 8.30. The molecule has 0 aliphatic carbocycles. The van der Waals surface area contributed by atoms with Gasteiger partial charge in [-0.2, -0.15) is 0 Å². The second-order valence-electron chi connectivity index (χ2n) is 6.91. The van der Waals surface area contributed by atoms with E-state index in [1.165, 1.54) is 5.56 Å². The van der Waals surface area contributed by atoms with Crippen LogP contribution in [0, 0.1) is 5.92 Å². The molecule has 0 radical (unpaired) electrons. The molecule has 0 spiro atoms. The van der Waals surface area contributed by atoms with E-state index in [2.05, 4.69) is 38.1 Å². The Morgan fingerprint density at radius 2 is 2.00 bits per heavy atom. The lowest BCUT2D eigenvalue weighted by atomic mass is 9.93. The van der Waals surface area contributed by atoms with Crippen LogP contribution in [0.3, 0.4) is 0 Å². The molecule has 1 N–H and O–H groups in total. The molecular weight excluding hydrogens is 286 g/mol. The predicted octanol–water partition coefficient (Wildman–Crippen LogP) is 3.83. The first-order valence-corrected chi connectivity index (χ1v) is 8.69. The van der Waals surface area contributed by atoms with Crippen molar-refractivity contribution in [1.29, 1.82) is 0 Å². The number of carbonyl (C=O) groups excluding carboxylic acids is 1. The lowest BCUT2D eigenvalue weighted by molar-refractivity contribution is -0.132. The van der Waals surface area contributed by atoms with Crippen molar-refractivity contribution in [1.82, 2.24) is 4.90 Å². The Kier molecular flexibility index (Phi) is 6.40. The van der Waals surface area contributed by atoms with Gasteiger partial charge in [0.15, 0.2) is 0 Å². The molecule has 1 aliphatic heterocycles. The van der Waals surface area contributed by atoms with Gasteiger partial charge in [0.2, 0.25) is 5.91 Å². The summed E-state index contributed by atoms with van der Waals surface area (Å²) in [5.74, 6) is 0.918. The van der Waals surface area contributed by atoms with Gasteiger partial charge in [0.05, 0.1) is 6.10 Å². The standard InChI is InChI=1S/C20H29NO2/c1-15(2)18-11-9-17(10-12-18)6-4-8-20(23)21-13-5-7-19(14-21)16(3)22/h4,6,9-12,15-16,19,22H,5,7-8,13-14H2,1-3H3/b6-4+. The van der Waals surface area contributed by atoms with E-state index in [1.54, 1.807) is 0 Å². The summed E-state index contributed by atoms with van der Waals surface area (Å²) in [4.78, 5) is 14.2. The van der Waals surface area contributed by atoms with E-state index >= 15 is 0 Å². The summed E-state index contributed by atoms with van der Waals surface area (Å²) in [6.07, 6.45) is 6.05. The van der Waals surface area contributed by atoms with Gasteiger partial charge in [0.25, 0.3) is 0 Å². The number of benzene rings is 1. The van der Waals surface area contributed by atoms with Crippen LogP contribution in [0.1, 0.15) is 57.1 Å². The average molecular weight is 315 g/mol. The summed E-state index contributed by atoms with van der Waals surface area (Å²) in [6.45, 7) is 7.69. The van der Waals surface area contributed by atoms with Gasteiger partial charge in [-0.25, -0.2) is 0 Å². The maximum Gasteiger partial charge on any atom is 0.226 e. The molecule has 2 atom stereocenters. The minimum Gasteiger partial charge on any atom is -0.393 e. The van der Waals surface area contributed by atoms with Crippen LogP contribution in [0.5, 0.6) is 0 Å². The quantitative estimate of drug-likeness (QED) is 0.897. The minimum absolute atomic E-state index is 0.158. The van der Waals surface area contributed by atoms with E-state index in [0.29, 0.717) is 18.9 Å². The third kappa shape index (κ3) is 5.21. The molecule has 0 saturated carbocycles. The topological polar surface area (TPSA) is 40.5 Å². The summed E-state index contributed by atoms with van der Waals surface area (Å²) < 4.78 is 0. The highest BCUT2D eigenvalue weighted by molar-refractivity contribution is 5.78. The first-order valence-electron chi connectivity index (χ1n) is 8.69. The smallest absolute Gasteiger partial charge is 0.226 e. The number of aliphatic hydroxyl groups excluding tert-OH is 1. The Hall–Kier alpha value is -1.61. The summed E-state index contributed by atoms with van der Waals surface area (Å²) >= 11 is 0. The van der Waals surface area contributed by atoms with E-state index < -0.39 is 0 Å². The van der Waals surface area contributed by atoms with Crippen molar-refractivity contribution in [2.75, 3.05) is 13.1 Å². The number of hydrogen-bond donors (Lipinski definition) is 1. The van der Waals surface area contributed by atoms with Gasteiger partial charge in [-0.15, -0.1) is 0 Å². The van der Waals surface area contributed by atoms with Gasteiger partial charge < -0.3 is 10.0 Å². The molecule has 1 aromatic rings. The molecule has 2 unspecified atom stereocenters. The zero-order chi connectivity index (χ0) is 16.8. The van der Waals surface area contributed by atoms with Crippen LogP contribution in [0.25, 0.3) is 6.08 Å². The molecule has 1 fully saturated rings. The highest BCUT2D eigenvalue weighted by Gasteiger charge is 2.25. The van der Waals surface area contributed by atoms with Crippen LogP contribution in [-0.2, 0) is 4.79 Å². The van der Waals surface area contributed by atoms with E-state index in [4.69, 9.17) is 0 Å². The molecule has 23 heavy (non-hydrogen) atoms. The largest absolute Gasteiger partial charge is 0.393 e. The van der Waals surface area contributed by atoms with Crippen LogP contribution in [-0.4, -0.2) is 35.1 Å². The van der Waals surface area contributed by atoms with E-state index in [1.807, 2.05) is 24.0 Å². The predicted molar refractivity (Wildman–Crippen MR) is 95.2 cm³/mol. The van der Waals surface area contributed by atoms with Crippen molar-refractivity contribution in [3.05, 3.63) is 41.5 Å². The molecule has 0 bridgehead atoms. The Bertz CT molecular complexity index is 531. The molecule has 1 saturated heterocycles. The first-order chi connectivity index (χ1) is 11.0. The molecule has 126 valence electrons. The Balaban J connectivity index is 1.85. The normalized spacial score (nSPS) is 20.2. The molecular formula is C20H29NO2. The molecule has 1 heterocycles. The van der Waals surface area contributed by atoms with E-state index in [9.17, 15) is 9.90 Å². The van der Waals surface area contributed by atoms with E-state index in [0.717, 1.165) is 24.9 Å². The van der Waals surface area contributed by atoms with Crippen LogP contribution in [0.15, 0.2) is 30.3 Å². The zero-order valence-corrected chi connectivity index (χ0v) is 14.5. The van der Waals surface area contributed by atoms with Gasteiger partial charge >= 0.3 is 0 Å². The van der Waals surface area contributed by atoms with Gasteiger partial charge in [-0.1, -0.05) is 50.3 Å².